The largest absolute Gasteiger partial charge is 0.461 e. The van der Waals surface area contributed by atoms with Crippen molar-refractivity contribution in [2.45, 2.75) is 44.1 Å². The Balaban J connectivity index is 1.59. The number of benzene rings is 2. The van der Waals surface area contributed by atoms with Gasteiger partial charge in [-0.2, -0.15) is 0 Å². The van der Waals surface area contributed by atoms with E-state index in [1.54, 1.807) is 11.8 Å². The molecule has 0 radical (unpaired) electrons. The normalized spacial score (nSPS) is 20.3. The number of esters is 1. The molecule has 136 valence electrons. The highest BCUT2D eigenvalue weighted by Gasteiger charge is 2.61. The van der Waals surface area contributed by atoms with Crippen molar-refractivity contribution in [1.29, 1.82) is 0 Å². The van der Waals surface area contributed by atoms with Gasteiger partial charge in [0.1, 0.15) is 6.61 Å². The lowest BCUT2D eigenvalue weighted by atomic mass is 10.1. The highest BCUT2D eigenvalue weighted by Crippen LogP contribution is 2.59. The molecule has 0 aromatic heterocycles. The van der Waals surface area contributed by atoms with Crippen LogP contribution in [0, 0.1) is 17.3 Å². The lowest BCUT2D eigenvalue weighted by Crippen LogP contribution is -2.10. The van der Waals surface area contributed by atoms with E-state index < -0.39 is 0 Å². The quantitative estimate of drug-likeness (QED) is 0.455. The van der Waals surface area contributed by atoms with Crippen LogP contribution in [0.25, 0.3) is 0 Å². The summed E-state index contributed by atoms with van der Waals surface area (Å²) in [6.45, 7) is 8.76. The van der Waals surface area contributed by atoms with Gasteiger partial charge >= 0.3 is 5.97 Å². The van der Waals surface area contributed by atoms with Crippen LogP contribution in [0.15, 0.2) is 76.0 Å². The monoisotopic (exact) mass is 366 g/mol. The maximum atomic E-state index is 12.5. The Kier molecular flexibility index (Phi) is 5.57. The van der Waals surface area contributed by atoms with E-state index in [9.17, 15) is 4.79 Å². The molecule has 2 nitrogen and oxygen atoms in total. The molecule has 1 saturated carbocycles. The van der Waals surface area contributed by atoms with Gasteiger partial charge in [-0.05, 0) is 55.0 Å². The van der Waals surface area contributed by atoms with Crippen molar-refractivity contribution >= 4 is 17.7 Å². The number of carbonyl (C=O) groups excluding carboxylic acids is 1. The first-order chi connectivity index (χ1) is 12.4. The second-order valence-corrected chi connectivity index (χ2v) is 8.89. The molecular weight excluding hydrogens is 340 g/mol. The molecular formula is C23H26O2S. The Hall–Kier alpha value is -2.00. The van der Waals surface area contributed by atoms with Crippen LogP contribution >= 0.6 is 11.8 Å². The number of allylic oxidation sites excluding steroid dienone is 2. The maximum Gasteiger partial charge on any atom is 0.310 e. The summed E-state index contributed by atoms with van der Waals surface area (Å²) in [6.07, 6.45) is 2.20. The molecule has 1 aliphatic rings. The smallest absolute Gasteiger partial charge is 0.310 e. The molecule has 1 fully saturated rings. The van der Waals surface area contributed by atoms with Gasteiger partial charge in [-0.15, -0.1) is 0 Å². The minimum absolute atomic E-state index is 0.000632. The van der Waals surface area contributed by atoms with Crippen molar-refractivity contribution in [3.63, 3.8) is 0 Å². The number of hydrogen-bond acceptors (Lipinski definition) is 3. The van der Waals surface area contributed by atoms with Crippen LogP contribution in [0.3, 0.4) is 0 Å². The van der Waals surface area contributed by atoms with Crippen molar-refractivity contribution in [2.24, 2.45) is 17.3 Å². The molecule has 0 heterocycles. The van der Waals surface area contributed by atoms with E-state index in [0.29, 0.717) is 12.5 Å². The van der Waals surface area contributed by atoms with Crippen LogP contribution in [0.1, 0.15) is 33.3 Å². The molecule has 2 aromatic rings. The summed E-state index contributed by atoms with van der Waals surface area (Å²) in [7, 11) is 0. The topological polar surface area (TPSA) is 26.3 Å². The molecule has 2 atom stereocenters. The average Bonchev–Trinajstić information content (AvgIpc) is 3.13. The standard InChI is InChI=1S/C23H26O2S/c1-16(2)13-20-21(23(20,3)4)22(24)25-15-17-9-8-12-19(14-17)26-18-10-6-5-7-11-18/h5-14,20-21H,15H2,1-4H3. The highest BCUT2D eigenvalue weighted by molar-refractivity contribution is 7.99. The third-order valence-corrected chi connectivity index (χ3v) is 5.93. The molecule has 0 bridgehead atoms. The fourth-order valence-electron chi connectivity index (χ4n) is 3.37. The van der Waals surface area contributed by atoms with E-state index in [1.807, 2.05) is 30.3 Å². The second-order valence-electron chi connectivity index (χ2n) is 7.74. The predicted molar refractivity (Wildman–Crippen MR) is 107 cm³/mol. The van der Waals surface area contributed by atoms with Gasteiger partial charge in [0.15, 0.2) is 0 Å². The van der Waals surface area contributed by atoms with Gasteiger partial charge in [0, 0.05) is 9.79 Å². The first kappa shape index (κ1) is 18.8. The van der Waals surface area contributed by atoms with E-state index in [1.165, 1.54) is 10.5 Å². The van der Waals surface area contributed by atoms with E-state index in [0.717, 1.165) is 10.5 Å². The molecule has 2 aromatic carbocycles. The zero-order valence-electron chi connectivity index (χ0n) is 15.9. The zero-order chi connectivity index (χ0) is 18.7. The summed E-state index contributed by atoms with van der Waals surface area (Å²) in [6, 6.07) is 18.5. The fraction of sp³-hybridized carbons (Fsp3) is 0.348. The lowest BCUT2D eigenvalue weighted by Gasteiger charge is -2.08. The number of hydrogen-bond donors (Lipinski definition) is 0. The number of ether oxygens (including phenoxy) is 1. The summed E-state index contributed by atoms with van der Waals surface area (Å²) in [5.74, 6) is 0.179. The van der Waals surface area contributed by atoms with E-state index >= 15 is 0 Å². The van der Waals surface area contributed by atoms with Gasteiger partial charge in [0.25, 0.3) is 0 Å². The predicted octanol–water partition coefficient (Wildman–Crippen LogP) is 6.12. The van der Waals surface area contributed by atoms with Crippen LogP contribution in [0.4, 0.5) is 0 Å². The molecule has 0 saturated heterocycles. The summed E-state index contributed by atoms with van der Waals surface area (Å²) >= 11 is 1.71. The fourth-order valence-corrected chi connectivity index (χ4v) is 4.29. The number of rotatable bonds is 6. The van der Waals surface area contributed by atoms with Gasteiger partial charge in [-0.25, -0.2) is 0 Å². The van der Waals surface area contributed by atoms with Gasteiger partial charge in [0.05, 0.1) is 5.92 Å². The SMILES string of the molecule is CC(C)=CC1C(C(=O)OCc2cccc(Sc3ccccc3)c2)C1(C)C. The van der Waals surface area contributed by atoms with Crippen LogP contribution in [0.5, 0.6) is 0 Å². The highest BCUT2D eigenvalue weighted by atomic mass is 32.2. The van der Waals surface area contributed by atoms with E-state index in [2.05, 4.69) is 58.0 Å². The van der Waals surface area contributed by atoms with Crippen LogP contribution in [0.2, 0.25) is 0 Å². The van der Waals surface area contributed by atoms with E-state index in [-0.39, 0.29) is 17.3 Å². The lowest BCUT2D eigenvalue weighted by molar-refractivity contribution is -0.147. The molecule has 0 aliphatic heterocycles. The van der Waals surface area contributed by atoms with Gasteiger partial charge in [-0.1, -0.05) is 67.6 Å². The first-order valence-electron chi connectivity index (χ1n) is 9.01. The van der Waals surface area contributed by atoms with Crippen molar-refractivity contribution in [3.05, 3.63) is 71.8 Å². The van der Waals surface area contributed by atoms with Crippen LogP contribution < -0.4 is 0 Å². The van der Waals surface area contributed by atoms with E-state index in [4.69, 9.17) is 4.74 Å². The minimum Gasteiger partial charge on any atom is -0.461 e. The van der Waals surface area contributed by atoms with Crippen molar-refractivity contribution in [1.82, 2.24) is 0 Å². The molecule has 0 amide bonds. The van der Waals surface area contributed by atoms with Gasteiger partial charge in [0.2, 0.25) is 0 Å². The third-order valence-electron chi connectivity index (χ3n) is 4.94. The molecule has 26 heavy (non-hydrogen) atoms. The Bertz CT molecular complexity index is 804. The zero-order valence-corrected chi connectivity index (χ0v) is 16.7. The Morgan fingerprint density at radius 1 is 1.08 bits per heavy atom. The number of carbonyl (C=O) groups is 1. The minimum atomic E-state index is -0.0846. The van der Waals surface area contributed by atoms with Crippen LogP contribution in [-0.2, 0) is 16.1 Å². The Morgan fingerprint density at radius 3 is 2.46 bits per heavy atom. The summed E-state index contributed by atoms with van der Waals surface area (Å²) in [4.78, 5) is 14.9. The summed E-state index contributed by atoms with van der Waals surface area (Å²) < 4.78 is 5.63. The summed E-state index contributed by atoms with van der Waals surface area (Å²) in [5, 5.41) is 0. The summed E-state index contributed by atoms with van der Waals surface area (Å²) in [5.41, 5.74) is 2.28. The second kappa shape index (κ2) is 7.71. The van der Waals surface area contributed by atoms with Crippen molar-refractivity contribution in [3.8, 4) is 0 Å². The molecule has 1 aliphatic carbocycles. The third kappa shape index (κ3) is 4.39. The molecule has 0 spiro atoms. The van der Waals surface area contributed by atoms with Gasteiger partial charge < -0.3 is 4.74 Å². The first-order valence-corrected chi connectivity index (χ1v) is 9.83. The molecule has 2 unspecified atom stereocenters. The molecule has 0 N–H and O–H groups in total. The van der Waals surface area contributed by atoms with Crippen LogP contribution in [-0.4, -0.2) is 5.97 Å². The molecule has 3 rings (SSSR count). The van der Waals surface area contributed by atoms with Gasteiger partial charge in [-0.3, -0.25) is 4.79 Å². The van der Waals surface area contributed by atoms with Crippen molar-refractivity contribution < 1.29 is 9.53 Å². The Labute approximate surface area is 160 Å². The average molecular weight is 367 g/mol. The Morgan fingerprint density at radius 2 is 1.77 bits per heavy atom. The molecule has 3 heteroatoms. The van der Waals surface area contributed by atoms with Crippen molar-refractivity contribution in [2.75, 3.05) is 0 Å². The maximum absolute atomic E-state index is 12.5.